The molecule has 0 aliphatic carbocycles. The number of rotatable bonds is 7. The Kier molecular flexibility index (Phi) is 10.2. The summed E-state index contributed by atoms with van der Waals surface area (Å²) < 4.78 is 17.2. The summed E-state index contributed by atoms with van der Waals surface area (Å²) in [6, 6.07) is 8.44. The van der Waals surface area contributed by atoms with Crippen LogP contribution in [0.5, 0.6) is 0 Å². The number of benzene rings is 1. The fraction of sp³-hybridized carbons (Fsp3) is 0.565. The van der Waals surface area contributed by atoms with Crippen LogP contribution in [0.1, 0.15) is 56.4 Å². The van der Waals surface area contributed by atoms with Gasteiger partial charge in [-0.15, -0.1) is 24.0 Å². The zero-order valence-electron chi connectivity index (χ0n) is 18.9. The van der Waals surface area contributed by atoms with Crippen LogP contribution in [-0.4, -0.2) is 37.3 Å². The molecular formula is C23H35IN4O3. The summed E-state index contributed by atoms with van der Waals surface area (Å²) in [5, 5.41) is 6.59. The van der Waals surface area contributed by atoms with E-state index < -0.39 is 0 Å². The molecule has 0 radical (unpaired) electrons. The van der Waals surface area contributed by atoms with Gasteiger partial charge >= 0.3 is 0 Å². The Balaban J connectivity index is 0.00000341. The van der Waals surface area contributed by atoms with E-state index in [2.05, 4.69) is 65.6 Å². The lowest BCUT2D eigenvalue weighted by Crippen LogP contribution is -2.36. The number of hydrogen-bond donors (Lipinski definition) is 2. The maximum absolute atomic E-state index is 6.03. The Hall–Kier alpha value is -1.65. The number of ether oxygens (including phenoxy) is 2. The Morgan fingerprint density at radius 2 is 1.87 bits per heavy atom. The summed E-state index contributed by atoms with van der Waals surface area (Å²) >= 11 is 0. The van der Waals surface area contributed by atoms with E-state index in [0.717, 1.165) is 31.8 Å². The van der Waals surface area contributed by atoms with Gasteiger partial charge in [0.25, 0.3) is 0 Å². The van der Waals surface area contributed by atoms with Gasteiger partial charge in [0, 0.05) is 32.2 Å². The highest BCUT2D eigenvalue weighted by Gasteiger charge is 2.19. The number of hydrogen-bond acceptors (Lipinski definition) is 5. The molecule has 0 atom stereocenters. The average molecular weight is 542 g/mol. The van der Waals surface area contributed by atoms with Crippen molar-refractivity contribution in [3.05, 3.63) is 53.2 Å². The molecule has 1 fully saturated rings. The van der Waals surface area contributed by atoms with Gasteiger partial charge in [-0.3, -0.25) is 4.99 Å². The maximum Gasteiger partial charge on any atom is 0.213 e. The monoisotopic (exact) mass is 542 g/mol. The fourth-order valence-electron chi connectivity index (χ4n) is 3.19. The largest absolute Gasteiger partial charge is 0.443 e. The van der Waals surface area contributed by atoms with Crippen molar-refractivity contribution in [2.24, 2.45) is 4.99 Å². The third-order valence-corrected chi connectivity index (χ3v) is 5.03. The molecule has 1 aliphatic rings. The Labute approximate surface area is 202 Å². The molecule has 0 bridgehead atoms. The fourth-order valence-corrected chi connectivity index (χ4v) is 3.19. The Bertz CT molecular complexity index is 826. The van der Waals surface area contributed by atoms with Gasteiger partial charge in [-0.1, -0.05) is 45.0 Å². The number of guanidine groups is 1. The predicted molar refractivity (Wildman–Crippen MR) is 133 cm³/mol. The first-order chi connectivity index (χ1) is 14.4. The molecule has 8 heteroatoms. The van der Waals surface area contributed by atoms with Crippen molar-refractivity contribution in [3.8, 4) is 0 Å². The molecule has 0 saturated carbocycles. The lowest BCUT2D eigenvalue weighted by atomic mass is 9.94. The summed E-state index contributed by atoms with van der Waals surface area (Å²) in [4.78, 5) is 8.63. The van der Waals surface area contributed by atoms with Crippen molar-refractivity contribution in [1.82, 2.24) is 15.6 Å². The van der Waals surface area contributed by atoms with E-state index in [-0.39, 0.29) is 29.4 Å². The highest BCUT2D eigenvalue weighted by atomic mass is 127. The van der Waals surface area contributed by atoms with Gasteiger partial charge in [0.15, 0.2) is 5.96 Å². The van der Waals surface area contributed by atoms with Crippen LogP contribution in [0.3, 0.4) is 0 Å². The number of nitrogens with zero attached hydrogens (tertiary/aromatic N) is 2. The van der Waals surface area contributed by atoms with Crippen LogP contribution in [0, 0.1) is 0 Å². The third-order valence-electron chi connectivity index (χ3n) is 5.03. The van der Waals surface area contributed by atoms with Crippen LogP contribution >= 0.6 is 24.0 Å². The first-order valence-electron chi connectivity index (χ1n) is 10.6. The zero-order chi connectivity index (χ0) is 21.4. The quantitative estimate of drug-likeness (QED) is 0.311. The number of nitrogens with one attached hydrogen (secondary N) is 2. The predicted octanol–water partition coefficient (Wildman–Crippen LogP) is 4.15. The summed E-state index contributed by atoms with van der Waals surface area (Å²) in [6.07, 6.45) is 4.05. The summed E-state index contributed by atoms with van der Waals surface area (Å²) in [6.45, 7) is 9.69. The van der Waals surface area contributed by atoms with E-state index >= 15 is 0 Å². The van der Waals surface area contributed by atoms with Crippen LogP contribution < -0.4 is 10.6 Å². The van der Waals surface area contributed by atoms with Crippen LogP contribution in [0.4, 0.5) is 0 Å². The first-order valence-corrected chi connectivity index (χ1v) is 10.6. The average Bonchev–Trinajstić information content (AvgIpc) is 3.23. The highest BCUT2D eigenvalue weighted by molar-refractivity contribution is 14.0. The van der Waals surface area contributed by atoms with Crippen LogP contribution in [0.2, 0.25) is 0 Å². The molecule has 0 unspecified atom stereocenters. The second kappa shape index (κ2) is 12.4. The molecule has 1 aromatic heterocycles. The molecule has 0 amide bonds. The molecule has 2 aromatic rings. The lowest BCUT2D eigenvalue weighted by Gasteiger charge is -2.22. The van der Waals surface area contributed by atoms with Gasteiger partial charge in [-0.05, 0) is 24.0 Å². The molecule has 2 N–H and O–H groups in total. The standard InChI is InChI=1S/C23H34N4O3.HI/c1-23(2,3)20-14-25-21(30-20)15-27-22(24-4)26-13-17-6-5-7-18(12-17)16-29-19-8-10-28-11-9-19;/h5-7,12,14,19H,8-11,13,15-16H2,1-4H3,(H2,24,26,27);1H. The second-order valence-electron chi connectivity index (χ2n) is 8.59. The molecule has 2 heterocycles. The van der Waals surface area contributed by atoms with Crippen molar-refractivity contribution < 1.29 is 13.9 Å². The number of aliphatic imine (C=N–C) groups is 1. The van der Waals surface area contributed by atoms with E-state index in [0.29, 0.717) is 37.7 Å². The summed E-state index contributed by atoms with van der Waals surface area (Å²) in [5.41, 5.74) is 2.31. The zero-order valence-corrected chi connectivity index (χ0v) is 21.3. The van der Waals surface area contributed by atoms with Gasteiger partial charge in [-0.2, -0.15) is 0 Å². The molecule has 7 nitrogen and oxygen atoms in total. The minimum Gasteiger partial charge on any atom is -0.443 e. The SMILES string of the molecule is CN=C(NCc1cccc(COC2CCOCC2)c1)NCc1ncc(C(C)(C)C)o1.I. The van der Waals surface area contributed by atoms with Crippen molar-refractivity contribution >= 4 is 29.9 Å². The minimum atomic E-state index is -0.0509. The van der Waals surface area contributed by atoms with Crippen molar-refractivity contribution in [3.63, 3.8) is 0 Å². The van der Waals surface area contributed by atoms with E-state index in [1.54, 1.807) is 13.2 Å². The molecule has 1 aromatic carbocycles. The van der Waals surface area contributed by atoms with Crippen LogP contribution in [0.25, 0.3) is 0 Å². The highest BCUT2D eigenvalue weighted by Crippen LogP contribution is 2.22. The van der Waals surface area contributed by atoms with E-state index in [1.807, 2.05) is 0 Å². The smallest absolute Gasteiger partial charge is 0.213 e. The van der Waals surface area contributed by atoms with Crippen LogP contribution in [0.15, 0.2) is 39.9 Å². The van der Waals surface area contributed by atoms with E-state index in [1.165, 1.54) is 11.1 Å². The maximum atomic E-state index is 6.03. The second-order valence-corrected chi connectivity index (χ2v) is 8.59. The molecule has 31 heavy (non-hydrogen) atoms. The van der Waals surface area contributed by atoms with Gasteiger partial charge in [-0.25, -0.2) is 4.98 Å². The molecule has 0 spiro atoms. The number of oxazole rings is 1. The summed E-state index contributed by atoms with van der Waals surface area (Å²) in [7, 11) is 1.75. The molecule has 172 valence electrons. The normalized spacial score (nSPS) is 15.4. The minimum absolute atomic E-state index is 0. The number of aromatic nitrogens is 1. The lowest BCUT2D eigenvalue weighted by molar-refractivity contribution is -0.0390. The van der Waals surface area contributed by atoms with Gasteiger partial charge in [0.05, 0.1) is 25.5 Å². The molecule has 3 rings (SSSR count). The Morgan fingerprint density at radius 3 is 2.55 bits per heavy atom. The van der Waals surface area contributed by atoms with Crippen molar-refractivity contribution in [2.45, 2.75) is 64.8 Å². The third kappa shape index (κ3) is 8.42. The first kappa shape index (κ1) is 25.6. The van der Waals surface area contributed by atoms with Gasteiger partial charge < -0.3 is 24.5 Å². The Morgan fingerprint density at radius 1 is 1.16 bits per heavy atom. The van der Waals surface area contributed by atoms with Gasteiger partial charge in [0.1, 0.15) is 5.76 Å². The van der Waals surface area contributed by atoms with Crippen LogP contribution in [-0.2, 0) is 34.6 Å². The van der Waals surface area contributed by atoms with Crippen molar-refractivity contribution in [1.29, 1.82) is 0 Å². The molecular weight excluding hydrogens is 507 g/mol. The molecule has 1 saturated heterocycles. The van der Waals surface area contributed by atoms with Crippen molar-refractivity contribution in [2.75, 3.05) is 20.3 Å². The van der Waals surface area contributed by atoms with E-state index in [9.17, 15) is 0 Å². The molecule has 1 aliphatic heterocycles. The number of halogens is 1. The van der Waals surface area contributed by atoms with Gasteiger partial charge in [0.2, 0.25) is 5.89 Å². The van der Waals surface area contributed by atoms with E-state index in [4.69, 9.17) is 13.9 Å². The topological polar surface area (TPSA) is 80.9 Å². The summed E-state index contributed by atoms with van der Waals surface area (Å²) in [5.74, 6) is 2.23.